The maximum absolute atomic E-state index is 11.5. The highest BCUT2D eigenvalue weighted by Crippen LogP contribution is 2.35. The molecule has 1 unspecified atom stereocenters. The van der Waals surface area contributed by atoms with Crippen molar-refractivity contribution in [2.45, 2.75) is 6.92 Å². The first-order chi connectivity index (χ1) is 9.93. The molecule has 2 aromatic heterocycles. The van der Waals surface area contributed by atoms with Crippen LogP contribution in [-0.2, 0) is 13.8 Å². The van der Waals surface area contributed by atoms with E-state index in [1.165, 1.54) is 6.33 Å². The Morgan fingerprint density at radius 1 is 1.57 bits per heavy atom. The molecule has 0 radical (unpaired) electrons. The lowest BCUT2D eigenvalue weighted by Gasteiger charge is -2.21. The molecule has 0 aliphatic heterocycles. The zero-order valence-corrected chi connectivity index (χ0v) is 11.9. The topological polar surface area (TPSA) is 157 Å². The average Bonchev–Trinajstić information content (AvgIpc) is 2.78. The van der Waals surface area contributed by atoms with Gasteiger partial charge in [0.2, 0.25) is 18.4 Å². The predicted molar refractivity (Wildman–Crippen MR) is 69.2 cm³/mol. The van der Waals surface area contributed by atoms with Gasteiger partial charge in [0.25, 0.3) is 5.56 Å². The maximum Gasteiger partial charge on any atom is 0.280 e. The highest BCUT2D eigenvalue weighted by molar-refractivity contribution is 7.51. The molecule has 0 fully saturated rings. The fraction of sp³-hybridized carbons (Fsp3) is 0.444. The van der Waals surface area contributed by atoms with Crippen LogP contribution < -0.4 is 21.0 Å². The first-order valence-corrected chi connectivity index (χ1v) is 7.54. The SMILES string of the molecule is CCOP(=O)([O-])COCOn1cnc2c(=O)[nH]c(N)nc21. The van der Waals surface area contributed by atoms with E-state index in [4.69, 9.17) is 15.3 Å². The molecule has 2 aromatic rings. The van der Waals surface area contributed by atoms with E-state index in [2.05, 4.69) is 19.5 Å². The summed E-state index contributed by atoms with van der Waals surface area (Å²) in [7, 11) is -4.03. The lowest BCUT2D eigenvalue weighted by Crippen LogP contribution is -2.19. The number of nitrogens with one attached hydrogen (secondary N) is 1. The normalized spacial score (nSPS) is 14.2. The van der Waals surface area contributed by atoms with E-state index >= 15 is 0 Å². The minimum atomic E-state index is -4.03. The van der Waals surface area contributed by atoms with Crippen molar-refractivity contribution in [1.29, 1.82) is 0 Å². The molecule has 2 rings (SSSR count). The number of anilines is 1. The molecule has 3 N–H and O–H groups in total. The van der Waals surface area contributed by atoms with Gasteiger partial charge in [-0.1, -0.05) is 0 Å². The number of imidazole rings is 1. The summed E-state index contributed by atoms with van der Waals surface area (Å²) >= 11 is 0. The third-order valence-corrected chi connectivity index (χ3v) is 3.40. The molecule has 21 heavy (non-hydrogen) atoms. The van der Waals surface area contributed by atoms with Crippen LogP contribution in [0.15, 0.2) is 11.1 Å². The van der Waals surface area contributed by atoms with Gasteiger partial charge < -0.3 is 29.3 Å². The average molecular weight is 318 g/mol. The van der Waals surface area contributed by atoms with Gasteiger partial charge >= 0.3 is 0 Å². The van der Waals surface area contributed by atoms with Crippen LogP contribution in [0.3, 0.4) is 0 Å². The summed E-state index contributed by atoms with van der Waals surface area (Å²) in [6, 6.07) is 0. The van der Waals surface area contributed by atoms with E-state index in [-0.39, 0.29) is 23.7 Å². The second kappa shape index (κ2) is 6.22. The second-order valence-corrected chi connectivity index (χ2v) is 5.54. The third kappa shape index (κ3) is 3.79. The smallest absolute Gasteiger partial charge is 0.280 e. The molecule has 0 aliphatic carbocycles. The van der Waals surface area contributed by atoms with Gasteiger partial charge in [0.15, 0.2) is 13.1 Å². The quantitative estimate of drug-likeness (QED) is 0.357. The second-order valence-electron chi connectivity index (χ2n) is 3.80. The summed E-state index contributed by atoms with van der Waals surface area (Å²) in [5.41, 5.74) is 5.02. The van der Waals surface area contributed by atoms with Crippen LogP contribution in [0.2, 0.25) is 0 Å². The first kappa shape index (κ1) is 15.4. The number of aromatic nitrogens is 4. The van der Waals surface area contributed by atoms with Crippen LogP contribution in [0.1, 0.15) is 6.92 Å². The van der Waals surface area contributed by atoms with E-state index in [1.54, 1.807) is 6.92 Å². The van der Waals surface area contributed by atoms with Crippen LogP contribution in [0.4, 0.5) is 5.95 Å². The molecule has 2 heterocycles. The van der Waals surface area contributed by atoms with E-state index in [1.807, 2.05) is 0 Å². The number of nitrogen functional groups attached to an aromatic ring is 1. The van der Waals surface area contributed by atoms with Crippen molar-refractivity contribution in [3.05, 3.63) is 16.7 Å². The largest absolute Gasteiger partial charge is 0.777 e. The van der Waals surface area contributed by atoms with Crippen molar-refractivity contribution in [1.82, 2.24) is 19.7 Å². The number of ether oxygens (including phenoxy) is 1. The highest BCUT2D eigenvalue weighted by atomic mass is 31.2. The van der Waals surface area contributed by atoms with Crippen LogP contribution in [0, 0.1) is 0 Å². The van der Waals surface area contributed by atoms with Crippen molar-refractivity contribution in [3.63, 3.8) is 0 Å². The molecule has 0 aromatic carbocycles. The van der Waals surface area contributed by atoms with Crippen LogP contribution >= 0.6 is 7.60 Å². The summed E-state index contributed by atoms with van der Waals surface area (Å²) in [6.07, 6.45) is 0.554. The third-order valence-electron chi connectivity index (χ3n) is 2.25. The molecule has 11 nitrogen and oxygen atoms in total. The number of hydrogen-bond donors (Lipinski definition) is 2. The standard InChI is InChI=1S/C9H14N5O6P/c1-2-20-21(16,17)5-18-4-19-14-3-11-6-7(14)12-9(10)13-8(6)15/h3H,2,4-5H2,1H3,(H,16,17)(H3,10,12,13,15)/p-1. The van der Waals surface area contributed by atoms with Gasteiger partial charge in [-0.05, 0) is 6.92 Å². The molecular formula is C9H13N5O6P-. The number of aromatic amines is 1. The van der Waals surface area contributed by atoms with Gasteiger partial charge in [-0.2, -0.15) is 4.98 Å². The lowest BCUT2D eigenvalue weighted by molar-refractivity contribution is -0.206. The molecule has 0 bridgehead atoms. The number of fused-ring (bicyclic) bond motifs is 1. The fourth-order valence-corrected chi connectivity index (χ4v) is 2.24. The van der Waals surface area contributed by atoms with Crippen LogP contribution in [0.5, 0.6) is 0 Å². The first-order valence-electron chi connectivity index (χ1n) is 5.81. The summed E-state index contributed by atoms with van der Waals surface area (Å²) in [5.74, 6) is -0.0980. The maximum atomic E-state index is 11.5. The molecule has 0 saturated heterocycles. The monoisotopic (exact) mass is 318 g/mol. The van der Waals surface area contributed by atoms with E-state index in [9.17, 15) is 14.3 Å². The van der Waals surface area contributed by atoms with Crippen molar-refractivity contribution in [3.8, 4) is 0 Å². The zero-order valence-electron chi connectivity index (χ0n) is 11.0. The number of nitrogens with two attached hydrogens (primary N) is 1. The summed E-state index contributed by atoms with van der Waals surface area (Å²) in [4.78, 5) is 37.8. The Morgan fingerprint density at radius 2 is 2.33 bits per heavy atom. The Kier molecular flexibility index (Phi) is 4.58. The molecule has 0 aliphatic rings. The minimum absolute atomic E-state index is 0.0309. The summed E-state index contributed by atoms with van der Waals surface area (Å²) in [6.45, 7) is 1.18. The number of hydrogen-bond acceptors (Lipinski definition) is 9. The van der Waals surface area contributed by atoms with E-state index in [0.29, 0.717) is 0 Å². The van der Waals surface area contributed by atoms with Crippen molar-refractivity contribution < 1.29 is 23.6 Å². The number of H-pyrrole nitrogens is 1. The molecule has 1 atom stereocenters. The van der Waals surface area contributed by atoms with Gasteiger partial charge in [0, 0.05) is 0 Å². The Bertz CT molecular complexity index is 727. The molecular weight excluding hydrogens is 305 g/mol. The van der Waals surface area contributed by atoms with Crippen LogP contribution in [-0.4, -0.2) is 39.4 Å². The van der Waals surface area contributed by atoms with Crippen molar-refractivity contribution in [2.24, 2.45) is 0 Å². The van der Waals surface area contributed by atoms with Crippen molar-refractivity contribution >= 4 is 24.7 Å². The van der Waals surface area contributed by atoms with Gasteiger partial charge in [-0.3, -0.25) is 9.78 Å². The van der Waals surface area contributed by atoms with Gasteiger partial charge in [0.1, 0.15) is 12.7 Å². The predicted octanol–water partition coefficient (Wildman–Crippen LogP) is -1.35. The molecule has 0 spiro atoms. The molecule has 0 amide bonds. The van der Waals surface area contributed by atoms with Gasteiger partial charge in [0.05, 0.1) is 6.61 Å². The van der Waals surface area contributed by atoms with E-state index < -0.39 is 26.3 Å². The van der Waals surface area contributed by atoms with Crippen LogP contribution in [0.25, 0.3) is 11.2 Å². The molecule has 12 heteroatoms. The number of rotatable bonds is 7. The highest BCUT2D eigenvalue weighted by Gasteiger charge is 2.11. The minimum Gasteiger partial charge on any atom is -0.777 e. The van der Waals surface area contributed by atoms with E-state index in [0.717, 1.165) is 4.73 Å². The molecule has 116 valence electrons. The summed E-state index contributed by atoms with van der Waals surface area (Å²) in [5, 5.41) is 0. The summed E-state index contributed by atoms with van der Waals surface area (Å²) < 4.78 is 21.6. The fourth-order valence-electron chi connectivity index (χ4n) is 1.48. The van der Waals surface area contributed by atoms with Gasteiger partial charge in [-0.15, -0.1) is 4.73 Å². The molecule has 0 saturated carbocycles. The van der Waals surface area contributed by atoms with Crippen molar-refractivity contribution in [2.75, 3.05) is 25.5 Å². The Balaban J connectivity index is 1.99. The van der Waals surface area contributed by atoms with Gasteiger partial charge in [-0.25, -0.2) is 4.98 Å². The Morgan fingerprint density at radius 3 is 3.05 bits per heavy atom. The zero-order chi connectivity index (χ0) is 15.5. The number of nitrogens with zero attached hydrogens (tertiary/aromatic N) is 3. The Hall–Kier alpha value is -1.94. The Labute approximate surface area is 118 Å². The lowest BCUT2D eigenvalue weighted by atomic mass is 10.5.